The standard InChI is InChI=1S/C17H27FN2O/c1-13-6-3-4-10-20(13)11-5-9-19-14(2)16-12-15(18)7-8-17(16)21/h7-8,12-14,19,21H,3-6,9-11H2,1-2H3. The lowest BCUT2D eigenvalue weighted by Gasteiger charge is -2.33. The van der Waals surface area contributed by atoms with Crippen molar-refractivity contribution in [1.82, 2.24) is 10.2 Å². The first-order chi connectivity index (χ1) is 10.1. The third-order valence-electron chi connectivity index (χ3n) is 4.47. The molecular formula is C17H27FN2O. The summed E-state index contributed by atoms with van der Waals surface area (Å²) in [5, 5.41) is 13.2. The molecule has 1 aliphatic rings. The minimum Gasteiger partial charge on any atom is -0.508 e. The molecule has 0 radical (unpaired) electrons. The first-order valence-corrected chi connectivity index (χ1v) is 8.04. The van der Waals surface area contributed by atoms with Crippen molar-refractivity contribution < 1.29 is 9.50 Å². The second-order valence-corrected chi connectivity index (χ2v) is 6.11. The van der Waals surface area contributed by atoms with Crippen LogP contribution < -0.4 is 5.32 Å². The van der Waals surface area contributed by atoms with Gasteiger partial charge in [0.25, 0.3) is 0 Å². The molecule has 0 bridgehead atoms. The number of benzene rings is 1. The van der Waals surface area contributed by atoms with E-state index in [0.717, 1.165) is 19.5 Å². The van der Waals surface area contributed by atoms with Crippen molar-refractivity contribution in [1.29, 1.82) is 0 Å². The number of nitrogens with one attached hydrogen (secondary N) is 1. The monoisotopic (exact) mass is 294 g/mol. The number of phenols is 1. The molecule has 2 N–H and O–H groups in total. The van der Waals surface area contributed by atoms with Crippen LogP contribution >= 0.6 is 0 Å². The molecule has 0 saturated carbocycles. The van der Waals surface area contributed by atoms with Gasteiger partial charge in [-0.15, -0.1) is 0 Å². The smallest absolute Gasteiger partial charge is 0.123 e. The highest BCUT2D eigenvalue weighted by atomic mass is 19.1. The summed E-state index contributed by atoms with van der Waals surface area (Å²) in [6, 6.07) is 4.75. The van der Waals surface area contributed by atoms with Crippen molar-refractivity contribution in [2.24, 2.45) is 0 Å². The predicted octanol–water partition coefficient (Wildman–Crippen LogP) is 3.45. The number of nitrogens with zero attached hydrogens (tertiary/aromatic N) is 1. The zero-order chi connectivity index (χ0) is 15.2. The number of halogens is 1. The van der Waals surface area contributed by atoms with Crippen LogP contribution in [-0.4, -0.2) is 35.7 Å². The number of piperidine rings is 1. The molecule has 0 spiro atoms. The molecule has 21 heavy (non-hydrogen) atoms. The normalized spacial score (nSPS) is 21.4. The predicted molar refractivity (Wildman–Crippen MR) is 84.0 cm³/mol. The van der Waals surface area contributed by atoms with Gasteiger partial charge in [0.2, 0.25) is 0 Å². The minimum atomic E-state index is -0.307. The van der Waals surface area contributed by atoms with E-state index in [2.05, 4.69) is 17.1 Å². The van der Waals surface area contributed by atoms with Crippen molar-refractivity contribution in [3.63, 3.8) is 0 Å². The average molecular weight is 294 g/mol. The quantitative estimate of drug-likeness (QED) is 0.789. The van der Waals surface area contributed by atoms with E-state index in [-0.39, 0.29) is 17.6 Å². The van der Waals surface area contributed by atoms with Gasteiger partial charge in [-0.3, -0.25) is 0 Å². The third-order valence-corrected chi connectivity index (χ3v) is 4.47. The molecule has 1 fully saturated rings. The summed E-state index contributed by atoms with van der Waals surface area (Å²) in [5.74, 6) is -0.153. The number of phenolic OH excluding ortho intramolecular Hbond substituents is 1. The SMILES string of the molecule is CC(NCCCN1CCCCC1C)c1cc(F)ccc1O. The summed E-state index contributed by atoms with van der Waals surface area (Å²) in [7, 11) is 0. The molecule has 1 aromatic carbocycles. The van der Waals surface area contributed by atoms with Crippen molar-refractivity contribution in [3.8, 4) is 5.75 Å². The van der Waals surface area contributed by atoms with Crippen molar-refractivity contribution in [2.75, 3.05) is 19.6 Å². The fourth-order valence-corrected chi connectivity index (χ4v) is 3.07. The van der Waals surface area contributed by atoms with Crippen LogP contribution in [-0.2, 0) is 0 Å². The van der Waals surface area contributed by atoms with Crippen LogP contribution in [0.4, 0.5) is 4.39 Å². The molecule has 1 heterocycles. The number of aromatic hydroxyl groups is 1. The van der Waals surface area contributed by atoms with Crippen molar-refractivity contribution in [2.45, 2.75) is 51.6 Å². The molecular weight excluding hydrogens is 267 g/mol. The minimum absolute atomic E-state index is 0.0421. The highest BCUT2D eigenvalue weighted by Gasteiger charge is 2.17. The second kappa shape index (κ2) is 7.76. The van der Waals surface area contributed by atoms with Gasteiger partial charge in [-0.1, -0.05) is 6.42 Å². The molecule has 0 aliphatic carbocycles. The fourth-order valence-electron chi connectivity index (χ4n) is 3.07. The van der Waals surface area contributed by atoms with Crippen LogP contribution in [0.15, 0.2) is 18.2 Å². The largest absolute Gasteiger partial charge is 0.508 e. The van der Waals surface area contributed by atoms with E-state index in [1.54, 1.807) is 0 Å². The van der Waals surface area contributed by atoms with Gasteiger partial charge in [0.05, 0.1) is 0 Å². The highest BCUT2D eigenvalue weighted by molar-refractivity contribution is 5.34. The van der Waals surface area contributed by atoms with Crippen LogP contribution in [0.25, 0.3) is 0 Å². The zero-order valence-corrected chi connectivity index (χ0v) is 13.1. The third kappa shape index (κ3) is 4.68. The van der Waals surface area contributed by atoms with Crippen LogP contribution in [0.2, 0.25) is 0 Å². The molecule has 0 aromatic heterocycles. The van der Waals surface area contributed by atoms with E-state index < -0.39 is 0 Å². The average Bonchev–Trinajstić information content (AvgIpc) is 2.47. The number of hydrogen-bond acceptors (Lipinski definition) is 3. The van der Waals surface area contributed by atoms with Crippen molar-refractivity contribution in [3.05, 3.63) is 29.6 Å². The number of likely N-dealkylation sites (tertiary alicyclic amines) is 1. The maximum atomic E-state index is 13.2. The lowest BCUT2D eigenvalue weighted by Crippen LogP contribution is -2.39. The van der Waals surface area contributed by atoms with E-state index in [0.29, 0.717) is 11.6 Å². The lowest BCUT2D eigenvalue weighted by atomic mass is 10.0. The summed E-state index contributed by atoms with van der Waals surface area (Å²) in [6.07, 6.45) is 5.04. The van der Waals surface area contributed by atoms with E-state index in [4.69, 9.17) is 0 Å². The molecule has 1 aromatic rings. The summed E-state index contributed by atoms with van der Waals surface area (Å²) in [6.45, 7) is 7.45. The van der Waals surface area contributed by atoms with Gasteiger partial charge in [0, 0.05) is 17.6 Å². The molecule has 1 aliphatic heterocycles. The molecule has 2 unspecified atom stereocenters. The van der Waals surface area contributed by atoms with Gasteiger partial charge in [-0.25, -0.2) is 4.39 Å². The van der Waals surface area contributed by atoms with Crippen LogP contribution in [0, 0.1) is 5.82 Å². The summed E-state index contributed by atoms with van der Waals surface area (Å²) in [5.41, 5.74) is 0.626. The Morgan fingerprint density at radius 1 is 1.43 bits per heavy atom. The molecule has 1 saturated heterocycles. The van der Waals surface area contributed by atoms with Crippen LogP contribution in [0.5, 0.6) is 5.75 Å². The van der Waals surface area contributed by atoms with Crippen LogP contribution in [0.1, 0.15) is 51.1 Å². The topological polar surface area (TPSA) is 35.5 Å². The Morgan fingerprint density at radius 3 is 3.00 bits per heavy atom. The van der Waals surface area contributed by atoms with Crippen molar-refractivity contribution >= 4 is 0 Å². The molecule has 118 valence electrons. The molecule has 2 rings (SSSR count). The number of hydrogen-bond donors (Lipinski definition) is 2. The molecule has 4 heteroatoms. The van der Waals surface area contributed by atoms with Gasteiger partial charge in [0.15, 0.2) is 0 Å². The van der Waals surface area contributed by atoms with Crippen LogP contribution in [0.3, 0.4) is 0 Å². The Kier molecular flexibility index (Phi) is 6.00. The number of rotatable bonds is 6. The van der Waals surface area contributed by atoms with E-state index >= 15 is 0 Å². The Bertz CT molecular complexity index is 452. The Hall–Kier alpha value is -1.13. The fraction of sp³-hybridized carbons (Fsp3) is 0.647. The summed E-state index contributed by atoms with van der Waals surface area (Å²) < 4.78 is 13.2. The Morgan fingerprint density at radius 2 is 2.24 bits per heavy atom. The van der Waals surface area contributed by atoms with Gasteiger partial charge >= 0.3 is 0 Å². The Balaban J connectivity index is 1.74. The van der Waals surface area contributed by atoms with Gasteiger partial charge in [-0.05, 0) is 70.9 Å². The zero-order valence-electron chi connectivity index (χ0n) is 13.1. The molecule has 2 atom stereocenters. The highest BCUT2D eigenvalue weighted by Crippen LogP contribution is 2.24. The van der Waals surface area contributed by atoms with Gasteiger partial charge in [-0.2, -0.15) is 0 Å². The van der Waals surface area contributed by atoms with Gasteiger partial charge < -0.3 is 15.3 Å². The summed E-state index contributed by atoms with van der Waals surface area (Å²) >= 11 is 0. The second-order valence-electron chi connectivity index (χ2n) is 6.11. The van der Waals surface area contributed by atoms with E-state index in [9.17, 15) is 9.50 Å². The molecule has 3 nitrogen and oxygen atoms in total. The lowest BCUT2D eigenvalue weighted by molar-refractivity contribution is 0.158. The maximum absolute atomic E-state index is 13.2. The summed E-state index contributed by atoms with van der Waals surface area (Å²) in [4.78, 5) is 2.55. The van der Waals surface area contributed by atoms with E-state index in [1.165, 1.54) is 44.0 Å². The van der Waals surface area contributed by atoms with Gasteiger partial charge in [0.1, 0.15) is 11.6 Å². The molecule has 0 amide bonds. The Labute approximate surface area is 127 Å². The maximum Gasteiger partial charge on any atom is 0.123 e. The van der Waals surface area contributed by atoms with E-state index in [1.807, 2.05) is 6.92 Å². The first kappa shape index (κ1) is 16.2. The first-order valence-electron chi connectivity index (χ1n) is 8.04.